The lowest BCUT2D eigenvalue weighted by molar-refractivity contribution is -0.138. The van der Waals surface area contributed by atoms with Crippen molar-refractivity contribution in [1.82, 2.24) is 4.90 Å². The Kier molecular flexibility index (Phi) is 5.52. The highest BCUT2D eigenvalue weighted by Gasteiger charge is 2.42. The van der Waals surface area contributed by atoms with Crippen LogP contribution in [0.3, 0.4) is 0 Å². The SMILES string of the molecule is CC(C)(C)OC(=O)N1C[C@@H](CBr)[C@H](c2ccccc2C(F)(F)F)C1. The molecule has 1 heterocycles. The summed E-state index contributed by atoms with van der Waals surface area (Å²) in [6.07, 6.45) is -4.90. The van der Waals surface area contributed by atoms with E-state index < -0.39 is 23.4 Å². The fourth-order valence-corrected chi connectivity index (χ4v) is 3.59. The number of amides is 1. The molecule has 1 aromatic carbocycles. The van der Waals surface area contributed by atoms with Crippen molar-refractivity contribution in [3.05, 3.63) is 35.4 Å². The first-order valence-corrected chi connectivity index (χ1v) is 8.85. The molecule has 0 spiro atoms. The van der Waals surface area contributed by atoms with Gasteiger partial charge < -0.3 is 9.64 Å². The van der Waals surface area contributed by atoms with Gasteiger partial charge in [0, 0.05) is 24.3 Å². The summed E-state index contributed by atoms with van der Waals surface area (Å²) < 4.78 is 45.2. The van der Waals surface area contributed by atoms with Gasteiger partial charge in [0.15, 0.2) is 0 Å². The fourth-order valence-electron chi connectivity index (χ4n) is 2.93. The van der Waals surface area contributed by atoms with E-state index in [1.807, 2.05) is 0 Å². The fraction of sp³-hybridized carbons (Fsp3) is 0.588. The van der Waals surface area contributed by atoms with Gasteiger partial charge in [0.2, 0.25) is 0 Å². The predicted octanol–water partition coefficient (Wildman–Crippen LogP) is 5.05. The van der Waals surface area contributed by atoms with E-state index in [0.29, 0.717) is 11.9 Å². The van der Waals surface area contributed by atoms with Gasteiger partial charge in [-0.15, -0.1) is 0 Å². The monoisotopic (exact) mass is 407 g/mol. The zero-order chi connectivity index (χ0) is 18.1. The van der Waals surface area contributed by atoms with Crippen LogP contribution in [0.1, 0.15) is 37.8 Å². The summed E-state index contributed by atoms with van der Waals surface area (Å²) in [6, 6.07) is 5.58. The molecule has 1 aliphatic rings. The third-order valence-electron chi connectivity index (χ3n) is 3.96. The molecule has 1 aromatic rings. The molecule has 1 aliphatic heterocycles. The van der Waals surface area contributed by atoms with E-state index in [-0.39, 0.29) is 23.9 Å². The molecule has 1 amide bonds. The molecule has 1 fully saturated rings. The zero-order valence-corrected chi connectivity index (χ0v) is 15.4. The average molecular weight is 408 g/mol. The van der Waals surface area contributed by atoms with Crippen LogP contribution in [0.25, 0.3) is 0 Å². The Morgan fingerprint density at radius 1 is 1.25 bits per heavy atom. The van der Waals surface area contributed by atoms with Crippen molar-refractivity contribution in [1.29, 1.82) is 0 Å². The second-order valence-corrected chi connectivity index (χ2v) is 7.64. The number of carbonyl (C=O) groups excluding carboxylic acids is 1. The molecule has 0 saturated carbocycles. The van der Waals surface area contributed by atoms with Crippen molar-refractivity contribution in [2.24, 2.45) is 5.92 Å². The highest BCUT2D eigenvalue weighted by molar-refractivity contribution is 9.09. The quantitative estimate of drug-likeness (QED) is 0.641. The first-order chi connectivity index (χ1) is 11.0. The van der Waals surface area contributed by atoms with Gasteiger partial charge >= 0.3 is 12.3 Å². The van der Waals surface area contributed by atoms with E-state index in [4.69, 9.17) is 4.74 Å². The largest absolute Gasteiger partial charge is 0.444 e. The number of likely N-dealkylation sites (tertiary alicyclic amines) is 1. The van der Waals surface area contributed by atoms with E-state index in [2.05, 4.69) is 15.9 Å². The van der Waals surface area contributed by atoms with Gasteiger partial charge in [0.1, 0.15) is 5.60 Å². The molecule has 3 nitrogen and oxygen atoms in total. The maximum Gasteiger partial charge on any atom is 0.416 e. The van der Waals surface area contributed by atoms with E-state index in [0.717, 1.165) is 6.07 Å². The lowest BCUT2D eigenvalue weighted by Gasteiger charge is -2.24. The number of nitrogens with zero attached hydrogens (tertiary/aromatic N) is 1. The van der Waals surface area contributed by atoms with Gasteiger partial charge in [-0.2, -0.15) is 13.2 Å². The standard InChI is InChI=1S/C17H21BrF3NO2/c1-16(2,3)24-15(23)22-9-11(8-18)13(10-22)12-6-4-5-7-14(12)17(19,20)21/h4-7,11,13H,8-10H2,1-3H3/t11-,13-/m1/s1. The number of hydrogen-bond acceptors (Lipinski definition) is 2. The van der Waals surface area contributed by atoms with Gasteiger partial charge in [-0.05, 0) is 38.3 Å². The number of halogens is 4. The number of rotatable bonds is 2. The van der Waals surface area contributed by atoms with Crippen molar-refractivity contribution >= 4 is 22.0 Å². The number of benzene rings is 1. The van der Waals surface area contributed by atoms with Crippen molar-refractivity contribution in [2.45, 2.75) is 38.5 Å². The molecule has 2 atom stereocenters. The minimum atomic E-state index is -4.41. The predicted molar refractivity (Wildman–Crippen MR) is 89.3 cm³/mol. The highest BCUT2D eigenvalue weighted by Crippen LogP contribution is 2.41. The summed E-state index contributed by atoms with van der Waals surface area (Å²) >= 11 is 3.37. The third-order valence-corrected chi connectivity index (χ3v) is 4.79. The normalized spacial score (nSPS) is 21.9. The second-order valence-electron chi connectivity index (χ2n) is 6.99. The average Bonchev–Trinajstić information content (AvgIpc) is 2.89. The molecule has 0 radical (unpaired) electrons. The molecule has 0 aromatic heterocycles. The molecule has 0 aliphatic carbocycles. The molecule has 1 saturated heterocycles. The lowest BCUT2D eigenvalue weighted by atomic mass is 9.87. The summed E-state index contributed by atoms with van der Waals surface area (Å²) in [5.74, 6) is -0.476. The molecule has 7 heteroatoms. The van der Waals surface area contributed by atoms with Crippen LogP contribution in [-0.4, -0.2) is 35.0 Å². The van der Waals surface area contributed by atoms with Crippen molar-refractivity contribution in [2.75, 3.05) is 18.4 Å². The summed E-state index contributed by atoms with van der Waals surface area (Å²) in [4.78, 5) is 13.7. The molecule has 24 heavy (non-hydrogen) atoms. The Hall–Kier alpha value is -1.24. The van der Waals surface area contributed by atoms with E-state index >= 15 is 0 Å². The first kappa shape index (κ1) is 19.1. The number of ether oxygens (including phenoxy) is 1. The van der Waals surface area contributed by atoms with Gasteiger partial charge in [0.25, 0.3) is 0 Å². The summed E-state index contributed by atoms with van der Waals surface area (Å²) in [7, 11) is 0. The van der Waals surface area contributed by atoms with Crippen molar-refractivity contribution in [3.8, 4) is 0 Å². The molecule has 134 valence electrons. The van der Waals surface area contributed by atoms with Crippen molar-refractivity contribution < 1.29 is 22.7 Å². The van der Waals surface area contributed by atoms with Gasteiger partial charge in [0.05, 0.1) is 5.56 Å². The van der Waals surface area contributed by atoms with Gasteiger partial charge in [-0.1, -0.05) is 34.1 Å². The Morgan fingerprint density at radius 2 is 1.88 bits per heavy atom. The molecule has 0 unspecified atom stereocenters. The Balaban J connectivity index is 2.27. The molecule has 0 N–H and O–H groups in total. The lowest BCUT2D eigenvalue weighted by Crippen LogP contribution is -2.35. The van der Waals surface area contributed by atoms with Crippen LogP contribution in [0.2, 0.25) is 0 Å². The van der Waals surface area contributed by atoms with Gasteiger partial charge in [-0.25, -0.2) is 4.79 Å². The minimum Gasteiger partial charge on any atom is -0.444 e. The summed E-state index contributed by atoms with van der Waals surface area (Å²) in [5, 5.41) is 0.517. The summed E-state index contributed by atoms with van der Waals surface area (Å²) in [6.45, 7) is 5.88. The smallest absolute Gasteiger partial charge is 0.416 e. The van der Waals surface area contributed by atoms with E-state index in [9.17, 15) is 18.0 Å². The Labute approximate surface area is 148 Å². The minimum absolute atomic E-state index is 0.0963. The molecular weight excluding hydrogens is 387 g/mol. The van der Waals surface area contributed by atoms with Crippen LogP contribution in [0.4, 0.5) is 18.0 Å². The van der Waals surface area contributed by atoms with Crippen LogP contribution in [0, 0.1) is 5.92 Å². The maximum absolute atomic E-state index is 13.3. The maximum atomic E-state index is 13.3. The van der Waals surface area contributed by atoms with E-state index in [1.54, 1.807) is 26.8 Å². The van der Waals surface area contributed by atoms with Crippen molar-refractivity contribution in [3.63, 3.8) is 0 Å². The summed E-state index contributed by atoms with van der Waals surface area (Å²) in [5.41, 5.74) is -1.03. The molecular formula is C17H21BrF3NO2. The van der Waals surface area contributed by atoms with E-state index in [1.165, 1.54) is 17.0 Å². The number of alkyl halides is 4. The molecule has 2 rings (SSSR count). The first-order valence-electron chi connectivity index (χ1n) is 7.73. The van der Waals surface area contributed by atoms with Crippen LogP contribution in [-0.2, 0) is 10.9 Å². The van der Waals surface area contributed by atoms with Gasteiger partial charge in [-0.3, -0.25) is 0 Å². The topological polar surface area (TPSA) is 29.5 Å². The third kappa shape index (κ3) is 4.43. The number of carbonyl (C=O) groups is 1. The second kappa shape index (κ2) is 6.94. The Morgan fingerprint density at radius 3 is 2.42 bits per heavy atom. The van der Waals surface area contributed by atoms with Crippen LogP contribution in [0.5, 0.6) is 0 Å². The Bertz CT molecular complexity index is 598. The van der Waals surface area contributed by atoms with Crippen LogP contribution in [0.15, 0.2) is 24.3 Å². The zero-order valence-electron chi connectivity index (χ0n) is 13.9. The molecule has 0 bridgehead atoms. The highest BCUT2D eigenvalue weighted by atomic mass is 79.9. The van der Waals surface area contributed by atoms with Crippen LogP contribution >= 0.6 is 15.9 Å². The number of hydrogen-bond donors (Lipinski definition) is 0. The van der Waals surface area contributed by atoms with Crippen LogP contribution < -0.4 is 0 Å².